The monoisotopic (exact) mass is 265 g/mol. The van der Waals surface area contributed by atoms with Crippen molar-refractivity contribution in [1.29, 1.82) is 0 Å². The van der Waals surface area contributed by atoms with Crippen molar-refractivity contribution >= 4 is 23.0 Å². The van der Waals surface area contributed by atoms with E-state index in [9.17, 15) is 0 Å². The van der Waals surface area contributed by atoms with Gasteiger partial charge in [-0.15, -0.1) is 0 Å². The molecule has 0 spiro atoms. The molecule has 0 atom stereocenters. The fourth-order valence-electron chi connectivity index (χ4n) is 1.95. The first-order valence-corrected chi connectivity index (χ1v) is 6.58. The molecule has 4 nitrogen and oxygen atoms in total. The number of hydrogen-bond acceptors (Lipinski definition) is 3. The molecular weight excluding hydrogens is 246 g/mol. The van der Waals surface area contributed by atoms with Gasteiger partial charge in [0.25, 0.3) is 0 Å². The van der Waals surface area contributed by atoms with Crippen LogP contribution in [0.4, 0.5) is 0 Å². The van der Waals surface area contributed by atoms with Crippen LogP contribution in [0.15, 0.2) is 21.8 Å². The minimum absolute atomic E-state index is 0.0579. The molecule has 1 aliphatic carbocycles. The van der Waals surface area contributed by atoms with Crippen molar-refractivity contribution in [3.8, 4) is 0 Å². The second-order valence-electron chi connectivity index (χ2n) is 5.49. The third-order valence-electron chi connectivity index (χ3n) is 2.65. The summed E-state index contributed by atoms with van der Waals surface area (Å²) in [6, 6.07) is 1.97. The zero-order chi connectivity index (χ0) is 13.2. The Morgan fingerprint density at radius 3 is 2.89 bits per heavy atom. The lowest BCUT2D eigenvalue weighted by molar-refractivity contribution is 0.498. The van der Waals surface area contributed by atoms with Gasteiger partial charge in [-0.3, -0.25) is 5.43 Å². The Kier molecular flexibility index (Phi) is 3.71. The van der Waals surface area contributed by atoms with Gasteiger partial charge in [-0.1, -0.05) is 0 Å². The van der Waals surface area contributed by atoms with Crippen LogP contribution in [0.5, 0.6) is 0 Å². The van der Waals surface area contributed by atoms with Gasteiger partial charge >= 0.3 is 0 Å². The van der Waals surface area contributed by atoms with Gasteiger partial charge in [-0.05, 0) is 51.9 Å². The van der Waals surface area contributed by atoms with E-state index in [1.165, 1.54) is 0 Å². The predicted octanol–water partition coefficient (Wildman–Crippen LogP) is 2.58. The summed E-state index contributed by atoms with van der Waals surface area (Å²) in [5, 5.41) is 8.10. The molecule has 0 aromatic carbocycles. The van der Waals surface area contributed by atoms with Crippen LogP contribution in [0.25, 0.3) is 0 Å². The minimum Gasteiger partial charge on any atom is -0.469 e. The SMILES string of the molecule is CC(C)(C)NC(=S)NN=C1CCCc2occc21. The third kappa shape index (κ3) is 3.32. The number of rotatable bonds is 1. The number of hydrazone groups is 1. The van der Waals surface area contributed by atoms with Crippen LogP contribution in [0.2, 0.25) is 0 Å². The van der Waals surface area contributed by atoms with Crippen molar-refractivity contribution in [1.82, 2.24) is 10.7 Å². The van der Waals surface area contributed by atoms with Crippen LogP contribution in [-0.4, -0.2) is 16.4 Å². The molecule has 0 unspecified atom stereocenters. The van der Waals surface area contributed by atoms with Crippen LogP contribution in [0.3, 0.4) is 0 Å². The fraction of sp³-hybridized carbons (Fsp3) is 0.538. The molecule has 0 fully saturated rings. The van der Waals surface area contributed by atoms with E-state index in [1.807, 2.05) is 6.07 Å². The average molecular weight is 265 g/mol. The van der Waals surface area contributed by atoms with Crippen molar-refractivity contribution in [3.63, 3.8) is 0 Å². The zero-order valence-corrected chi connectivity index (χ0v) is 11.9. The normalized spacial score (nSPS) is 17.4. The van der Waals surface area contributed by atoms with Crippen LogP contribution >= 0.6 is 12.2 Å². The highest BCUT2D eigenvalue weighted by molar-refractivity contribution is 7.80. The first kappa shape index (κ1) is 13.1. The molecule has 2 rings (SSSR count). The van der Waals surface area contributed by atoms with Crippen molar-refractivity contribution in [2.24, 2.45) is 5.10 Å². The summed E-state index contributed by atoms with van der Waals surface area (Å²) in [5.74, 6) is 1.02. The molecule has 5 heteroatoms. The Bertz CT molecular complexity index is 471. The maximum atomic E-state index is 5.42. The minimum atomic E-state index is -0.0579. The van der Waals surface area contributed by atoms with E-state index in [-0.39, 0.29) is 5.54 Å². The summed E-state index contributed by atoms with van der Waals surface area (Å²) in [6.07, 6.45) is 4.74. The van der Waals surface area contributed by atoms with E-state index in [1.54, 1.807) is 6.26 Å². The number of thiocarbonyl (C=S) groups is 1. The second-order valence-corrected chi connectivity index (χ2v) is 5.89. The zero-order valence-electron chi connectivity index (χ0n) is 11.0. The number of hydrogen-bond donors (Lipinski definition) is 2. The Hall–Kier alpha value is -1.36. The van der Waals surface area contributed by atoms with Gasteiger partial charge in [0.1, 0.15) is 5.76 Å². The van der Waals surface area contributed by atoms with E-state index < -0.39 is 0 Å². The average Bonchev–Trinajstić information content (AvgIpc) is 2.72. The van der Waals surface area contributed by atoms with E-state index in [0.717, 1.165) is 36.3 Å². The van der Waals surface area contributed by atoms with Crippen LogP contribution in [0, 0.1) is 0 Å². The highest BCUT2D eigenvalue weighted by atomic mass is 32.1. The molecule has 18 heavy (non-hydrogen) atoms. The predicted molar refractivity (Wildman–Crippen MR) is 76.8 cm³/mol. The molecule has 1 aromatic heterocycles. The number of nitrogens with zero attached hydrogens (tertiary/aromatic N) is 1. The molecule has 0 radical (unpaired) electrons. The quantitative estimate of drug-likeness (QED) is 0.605. The summed E-state index contributed by atoms with van der Waals surface area (Å²) in [6.45, 7) is 6.18. The maximum Gasteiger partial charge on any atom is 0.187 e. The van der Waals surface area contributed by atoms with Crippen molar-refractivity contribution in [2.45, 2.75) is 45.6 Å². The highest BCUT2D eigenvalue weighted by Crippen LogP contribution is 2.22. The smallest absolute Gasteiger partial charge is 0.187 e. The Morgan fingerprint density at radius 1 is 1.39 bits per heavy atom. The van der Waals surface area contributed by atoms with E-state index in [0.29, 0.717) is 5.11 Å². The summed E-state index contributed by atoms with van der Waals surface area (Å²) in [5.41, 5.74) is 4.97. The molecule has 2 N–H and O–H groups in total. The fourth-order valence-corrected chi connectivity index (χ4v) is 2.30. The molecule has 1 aromatic rings. The lowest BCUT2D eigenvalue weighted by atomic mass is 9.97. The van der Waals surface area contributed by atoms with Crippen LogP contribution < -0.4 is 10.7 Å². The van der Waals surface area contributed by atoms with Gasteiger partial charge < -0.3 is 9.73 Å². The van der Waals surface area contributed by atoms with Gasteiger partial charge in [0, 0.05) is 17.5 Å². The van der Waals surface area contributed by atoms with Crippen molar-refractivity contribution in [2.75, 3.05) is 0 Å². The van der Waals surface area contributed by atoms with E-state index >= 15 is 0 Å². The largest absolute Gasteiger partial charge is 0.469 e. The van der Waals surface area contributed by atoms with Crippen molar-refractivity contribution < 1.29 is 4.42 Å². The van der Waals surface area contributed by atoms with E-state index in [2.05, 4.69) is 36.6 Å². The number of furan rings is 1. The molecule has 0 saturated carbocycles. The lowest BCUT2D eigenvalue weighted by Gasteiger charge is -2.22. The molecule has 0 aliphatic heterocycles. The molecule has 1 heterocycles. The standard InChI is InChI=1S/C13H19N3OS/c1-13(2,3)14-12(18)16-15-10-5-4-6-11-9(10)7-8-17-11/h7-8H,4-6H2,1-3H3,(H2,14,16,18). The maximum absolute atomic E-state index is 5.42. The van der Waals surface area contributed by atoms with Gasteiger partial charge in [0.15, 0.2) is 5.11 Å². The van der Waals surface area contributed by atoms with E-state index in [4.69, 9.17) is 16.6 Å². The summed E-state index contributed by atoms with van der Waals surface area (Å²) in [7, 11) is 0. The molecule has 1 aliphatic rings. The van der Waals surface area contributed by atoms with Crippen LogP contribution in [-0.2, 0) is 6.42 Å². The lowest BCUT2D eigenvalue weighted by Crippen LogP contribution is -2.45. The van der Waals surface area contributed by atoms with Gasteiger partial charge in [-0.2, -0.15) is 5.10 Å². The summed E-state index contributed by atoms with van der Waals surface area (Å²) < 4.78 is 5.42. The molecule has 0 amide bonds. The highest BCUT2D eigenvalue weighted by Gasteiger charge is 2.18. The Labute approximate surface area is 113 Å². The molecule has 0 saturated heterocycles. The summed E-state index contributed by atoms with van der Waals surface area (Å²) in [4.78, 5) is 0. The Balaban J connectivity index is 2.02. The van der Waals surface area contributed by atoms with Gasteiger partial charge in [0.2, 0.25) is 0 Å². The number of aryl methyl sites for hydroxylation is 1. The molecule has 0 bridgehead atoms. The van der Waals surface area contributed by atoms with Gasteiger partial charge in [0.05, 0.1) is 12.0 Å². The molecule has 98 valence electrons. The third-order valence-corrected chi connectivity index (χ3v) is 2.85. The van der Waals surface area contributed by atoms with Gasteiger partial charge in [-0.25, -0.2) is 0 Å². The number of nitrogens with one attached hydrogen (secondary N) is 2. The topological polar surface area (TPSA) is 49.6 Å². The van der Waals surface area contributed by atoms with Crippen LogP contribution in [0.1, 0.15) is 44.9 Å². The second kappa shape index (κ2) is 5.10. The van der Waals surface area contributed by atoms with Crippen molar-refractivity contribution in [3.05, 3.63) is 23.7 Å². The summed E-state index contributed by atoms with van der Waals surface area (Å²) >= 11 is 5.20. The molecular formula is C13H19N3OS. The first-order valence-electron chi connectivity index (χ1n) is 6.17. The Morgan fingerprint density at radius 2 is 2.17 bits per heavy atom. The number of fused-ring (bicyclic) bond motifs is 1. The first-order chi connectivity index (χ1) is 8.46.